The number of aromatic nitrogens is 2. The number of nitrogens with one attached hydrogen (secondary N) is 1. The molecule has 27 heavy (non-hydrogen) atoms. The van der Waals surface area contributed by atoms with Crippen LogP contribution in [-0.4, -0.2) is 52.3 Å². The van der Waals surface area contributed by atoms with Crippen molar-refractivity contribution in [1.82, 2.24) is 14.5 Å². The lowest BCUT2D eigenvalue weighted by Crippen LogP contribution is -2.61. The van der Waals surface area contributed by atoms with Crippen molar-refractivity contribution < 1.29 is 9.53 Å². The normalized spacial score (nSPS) is 19.4. The second-order valence-electron chi connectivity index (χ2n) is 8.99. The van der Waals surface area contributed by atoms with Gasteiger partial charge in [0.25, 0.3) is 0 Å². The number of ether oxygens (including phenoxy) is 1. The van der Waals surface area contributed by atoms with Crippen molar-refractivity contribution in [2.75, 3.05) is 31.1 Å². The molecule has 0 atom stereocenters. The van der Waals surface area contributed by atoms with Gasteiger partial charge in [0.2, 0.25) is 0 Å². The van der Waals surface area contributed by atoms with Crippen LogP contribution in [0.15, 0.2) is 23.0 Å². The number of anilines is 1. The third-order valence-electron chi connectivity index (χ3n) is 5.77. The summed E-state index contributed by atoms with van der Waals surface area (Å²) in [6, 6.07) is 6.01. The Hall–Kier alpha value is -2.44. The molecule has 0 aliphatic carbocycles. The number of benzene rings is 1. The monoisotopic (exact) mass is 372 g/mol. The number of imidazole rings is 1. The Morgan fingerprint density at radius 3 is 2.48 bits per heavy atom. The van der Waals surface area contributed by atoms with E-state index in [1.807, 2.05) is 37.8 Å². The maximum atomic E-state index is 12.3. The van der Waals surface area contributed by atoms with Crippen molar-refractivity contribution in [2.45, 2.75) is 39.2 Å². The number of hydrogen-bond donors (Lipinski definition) is 1. The number of para-hydroxylation sites is 1. The molecule has 0 unspecified atom stereocenters. The summed E-state index contributed by atoms with van der Waals surface area (Å²) in [6.07, 6.45) is 1.77. The van der Waals surface area contributed by atoms with E-state index >= 15 is 0 Å². The summed E-state index contributed by atoms with van der Waals surface area (Å²) < 4.78 is 7.17. The van der Waals surface area contributed by atoms with Crippen molar-refractivity contribution in [3.63, 3.8) is 0 Å². The van der Waals surface area contributed by atoms with Gasteiger partial charge in [-0.15, -0.1) is 0 Å². The second-order valence-corrected chi connectivity index (χ2v) is 8.99. The number of carbonyl (C=O) groups is 1. The van der Waals surface area contributed by atoms with Crippen molar-refractivity contribution in [1.29, 1.82) is 0 Å². The third-order valence-corrected chi connectivity index (χ3v) is 5.77. The van der Waals surface area contributed by atoms with Crippen LogP contribution in [0.3, 0.4) is 0 Å². The van der Waals surface area contributed by atoms with Gasteiger partial charge in [0.15, 0.2) is 0 Å². The second kappa shape index (κ2) is 6.04. The summed E-state index contributed by atoms with van der Waals surface area (Å²) in [6.45, 7) is 9.12. The molecule has 1 amide bonds. The Labute approximate surface area is 158 Å². The Balaban J connectivity index is 1.42. The van der Waals surface area contributed by atoms with Crippen molar-refractivity contribution in [3.8, 4) is 0 Å². The fourth-order valence-corrected chi connectivity index (χ4v) is 4.28. The zero-order valence-electron chi connectivity index (χ0n) is 16.5. The quantitative estimate of drug-likeness (QED) is 0.836. The predicted octanol–water partition coefficient (Wildman–Crippen LogP) is 2.70. The zero-order valence-corrected chi connectivity index (χ0v) is 16.5. The van der Waals surface area contributed by atoms with Crippen LogP contribution < -0.4 is 10.6 Å². The van der Waals surface area contributed by atoms with Crippen LogP contribution in [0.2, 0.25) is 0 Å². The van der Waals surface area contributed by atoms with Gasteiger partial charge in [0.1, 0.15) is 5.60 Å². The summed E-state index contributed by atoms with van der Waals surface area (Å²) in [5, 5.41) is 0. The number of H-pyrrole nitrogens is 1. The first-order valence-electron chi connectivity index (χ1n) is 9.58. The van der Waals surface area contributed by atoms with Crippen molar-refractivity contribution in [3.05, 3.63) is 28.7 Å². The number of likely N-dealkylation sites (tertiary alicyclic amines) is 1. The minimum atomic E-state index is -0.454. The molecule has 7 heteroatoms. The minimum Gasteiger partial charge on any atom is -0.444 e. The first-order valence-corrected chi connectivity index (χ1v) is 9.58. The molecular weight excluding hydrogens is 344 g/mol. The van der Waals surface area contributed by atoms with Gasteiger partial charge in [-0.1, -0.05) is 6.07 Å². The summed E-state index contributed by atoms with van der Waals surface area (Å²) in [7, 11) is 1.81. The van der Waals surface area contributed by atoms with Gasteiger partial charge in [0.05, 0.1) is 16.7 Å². The fraction of sp³-hybridized carbons (Fsp3) is 0.600. The molecule has 0 bridgehead atoms. The molecule has 2 fully saturated rings. The van der Waals surface area contributed by atoms with E-state index in [1.54, 1.807) is 11.6 Å². The average molecular weight is 372 g/mol. The number of aryl methyl sites for hydroxylation is 1. The van der Waals surface area contributed by atoms with E-state index in [9.17, 15) is 9.59 Å². The largest absolute Gasteiger partial charge is 0.444 e. The topological polar surface area (TPSA) is 70.6 Å². The highest BCUT2D eigenvalue weighted by Gasteiger charge is 2.46. The van der Waals surface area contributed by atoms with Gasteiger partial charge in [-0.2, -0.15) is 0 Å². The number of nitrogens with zero attached hydrogens (tertiary/aromatic N) is 3. The molecule has 2 aliphatic heterocycles. The number of rotatable bonds is 1. The van der Waals surface area contributed by atoms with Crippen molar-refractivity contribution >= 4 is 22.8 Å². The fourth-order valence-electron chi connectivity index (χ4n) is 4.28. The van der Waals surface area contributed by atoms with Gasteiger partial charge in [-0.3, -0.25) is 4.57 Å². The van der Waals surface area contributed by atoms with Crippen LogP contribution in [0, 0.1) is 5.41 Å². The number of piperidine rings is 1. The van der Waals surface area contributed by atoms with E-state index in [-0.39, 0.29) is 17.2 Å². The van der Waals surface area contributed by atoms with E-state index in [2.05, 4.69) is 16.0 Å². The first-order chi connectivity index (χ1) is 12.7. The highest BCUT2D eigenvalue weighted by molar-refractivity contribution is 5.89. The molecule has 4 rings (SSSR count). The molecule has 1 aromatic heterocycles. The first kappa shape index (κ1) is 17.9. The molecule has 0 saturated carbocycles. The van der Waals surface area contributed by atoms with Crippen LogP contribution >= 0.6 is 0 Å². The number of carbonyl (C=O) groups excluding carboxylic acids is 1. The van der Waals surface area contributed by atoms with Crippen LogP contribution in [0.4, 0.5) is 10.5 Å². The maximum Gasteiger partial charge on any atom is 0.410 e. The van der Waals surface area contributed by atoms with Crippen LogP contribution in [0.5, 0.6) is 0 Å². The van der Waals surface area contributed by atoms with Gasteiger partial charge in [0, 0.05) is 38.6 Å². The molecule has 2 aromatic rings. The van der Waals surface area contributed by atoms with E-state index < -0.39 is 5.60 Å². The van der Waals surface area contributed by atoms with Gasteiger partial charge < -0.3 is 19.5 Å². The lowest BCUT2D eigenvalue weighted by atomic mass is 9.72. The zero-order chi connectivity index (χ0) is 19.4. The number of hydrogen-bond acceptors (Lipinski definition) is 4. The molecule has 2 saturated heterocycles. The molecular formula is C20H28N4O3. The Bertz CT molecular complexity index is 921. The van der Waals surface area contributed by atoms with Crippen molar-refractivity contribution in [2.24, 2.45) is 12.5 Å². The molecule has 3 heterocycles. The molecule has 0 radical (unpaired) electrons. The summed E-state index contributed by atoms with van der Waals surface area (Å²) in [5.41, 5.74) is 2.66. The van der Waals surface area contributed by atoms with E-state index in [0.717, 1.165) is 55.7 Å². The van der Waals surface area contributed by atoms with Gasteiger partial charge in [-0.25, -0.2) is 9.59 Å². The summed E-state index contributed by atoms with van der Waals surface area (Å²) in [4.78, 5) is 31.3. The number of fused-ring (bicyclic) bond motifs is 1. The number of amides is 1. The van der Waals surface area contributed by atoms with Crippen LogP contribution in [0.1, 0.15) is 33.6 Å². The van der Waals surface area contributed by atoms with Gasteiger partial charge >= 0.3 is 11.8 Å². The van der Waals surface area contributed by atoms with Gasteiger partial charge in [-0.05, 0) is 45.7 Å². The predicted molar refractivity (Wildman–Crippen MR) is 105 cm³/mol. The smallest absolute Gasteiger partial charge is 0.410 e. The van der Waals surface area contributed by atoms with E-state index in [4.69, 9.17) is 4.74 Å². The molecule has 7 nitrogen and oxygen atoms in total. The van der Waals surface area contributed by atoms with E-state index in [1.165, 1.54) is 0 Å². The average Bonchev–Trinajstić information content (AvgIpc) is 2.86. The minimum absolute atomic E-state index is 0.0849. The Morgan fingerprint density at radius 2 is 1.85 bits per heavy atom. The van der Waals surface area contributed by atoms with Crippen LogP contribution in [0.25, 0.3) is 11.0 Å². The standard InChI is InChI=1S/C20H28N4O3/c1-19(2,3)27-18(26)23-10-8-20(9-11-23)12-24(13-20)15-7-5-6-14-16(15)22(4)17(25)21-14/h5-7H,8-13H2,1-4H3,(H,21,25). The Kier molecular flexibility index (Phi) is 4.01. The lowest BCUT2D eigenvalue weighted by Gasteiger charge is -2.55. The SMILES string of the molecule is Cn1c(=O)[nH]c2cccc(N3CC4(CCN(C(=O)OC(C)(C)C)CC4)C3)c21. The number of aromatic amines is 1. The maximum absolute atomic E-state index is 12.3. The third kappa shape index (κ3) is 3.19. The highest BCUT2D eigenvalue weighted by Crippen LogP contribution is 2.44. The van der Waals surface area contributed by atoms with Crippen LogP contribution in [-0.2, 0) is 11.8 Å². The Morgan fingerprint density at radius 1 is 1.19 bits per heavy atom. The summed E-state index contributed by atoms with van der Waals surface area (Å²) >= 11 is 0. The van der Waals surface area contributed by atoms with E-state index in [0.29, 0.717) is 0 Å². The molecule has 2 aliphatic rings. The molecule has 146 valence electrons. The molecule has 1 spiro atoms. The lowest BCUT2D eigenvalue weighted by molar-refractivity contribution is 0.00601. The molecule has 1 N–H and O–H groups in total. The summed E-state index contributed by atoms with van der Waals surface area (Å²) in [5.74, 6) is 0. The molecule has 1 aromatic carbocycles. The highest BCUT2D eigenvalue weighted by atomic mass is 16.6.